The number of nitrogens with zero attached hydrogens (tertiary/aromatic N) is 1. The first-order valence-corrected chi connectivity index (χ1v) is 12.5. The van der Waals surface area contributed by atoms with E-state index in [1.54, 1.807) is 18.2 Å². The molecule has 2 amide bonds. The Hall–Kier alpha value is -3.67. The van der Waals surface area contributed by atoms with Gasteiger partial charge in [-0.05, 0) is 49.1 Å². The van der Waals surface area contributed by atoms with E-state index in [0.717, 1.165) is 18.4 Å². The lowest BCUT2D eigenvalue weighted by Crippen LogP contribution is -2.53. The number of ether oxygens (including phenoxy) is 1. The van der Waals surface area contributed by atoms with Crippen molar-refractivity contribution in [1.82, 2.24) is 10.2 Å². The Labute approximate surface area is 213 Å². The van der Waals surface area contributed by atoms with Gasteiger partial charge in [0.2, 0.25) is 5.91 Å². The van der Waals surface area contributed by atoms with Crippen LogP contribution in [0.4, 0.5) is 4.39 Å². The third-order valence-electron chi connectivity index (χ3n) is 6.26. The molecule has 0 heterocycles. The van der Waals surface area contributed by atoms with Gasteiger partial charge in [-0.15, -0.1) is 0 Å². The summed E-state index contributed by atoms with van der Waals surface area (Å²) in [4.78, 5) is 28.4. The van der Waals surface area contributed by atoms with Gasteiger partial charge in [-0.3, -0.25) is 9.59 Å². The molecule has 0 aromatic heterocycles. The highest BCUT2D eigenvalue weighted by Gasteiger charge is 2.31. The fourth-order valence-corrected chi connectivity index (χ4v) is 3.85. The molecule has 0 radical (unpaired) electrons. The molecule has 2 atom stereocenters. The van der Waals surface area contributed by atoms with Crippen molar-refractivity contribution in [3.63, 3.8) is 0 Å². The van der Waals surface area contributed by atoms with E-state index in [1.165, 1.54) is 16.5 Å². The highest BCUT2D eigenvalue weighted by atomic mass is 19.1. The Morgan fingerprint density at radius 1 is 0.917 bits per heavy atom. The monoisotopic (exact) mass is 490 g/mol. The van der Waals surface area contributed by atoms with E-state index in [0.29, 0.717) is 17.7 Å². The lowest BCUT2D eigenvalue weighted by atomic mass is 10.0. The summed E-state index contributed by atoms with van der Waals surface area (Å²) in [6, 6.07) is 22.5. The van der Waals surface area contributed by atoms with E-state index in [1.807, 2.05) is 68.4 Å². The molecule has 3 aromatic rings. The van der Waals surface area contributed by atoms with Crippen molar-refractivity contribution >= 4 is 11.8 Å². The Bertz CT molecular complexity index is 1120. The second-order valence-electron chi connectivity index (χ2n) is 8.92. The first kappa shape index (κ1) is 26.9. The lowest BCUT2D eigenvalue weighted by molar-refractivity contribution is -0.143. The predicted octanol–water partition coefficient (Wildman–Crippen LogP) is 5.32. The van der Waals surface area contributed by atoms with Gasteiger partial charge in [0.05, 0.1) is 0 Å². The zero-order chi connectivity index (χ0) is 25.9. The Balaban J connectivity index is 1.90. The minimum Gasteiger partial charge on any atom is -0.484 e. The molecule has 0 spiro atoms. The fraction of sp³-hybridized carbons (Fsp3) is 0.333. The van der Waals surface area contributed by atoms with Crippen LogP contribution < -0.4 is 10.1 Å². The lowest BCUT2D eigenvalue weighted by Gasteiger charge is -2.32. The van der Waals surface area contributed by atoms with Gasteiger partial charge in [-0.1, -0.05) is 74.5 Å². The fourth-order valence-electron chi connectivity index (χ4n) is 3.85. The summed E-state index contributed by atoms with van der Waals surface area (Å²) >= 11 is 0. The summed E-state index contributed by atoms with van der Waals surface area (Å²) in [5.41, 5.74) is 2.41. The number of hydrogen-bond acceptors (Lipinski definition) is 3. The zero-order valence-corrected chi connectivity index (χ0v) is 21.2. The highest BCUT2D eigenvalue weighted by Crippen LogP contribution is 2.18. The smallest absolute Gasteiger partial charge is 0.261 e. The molecule has 36 heavy (non-hydrogen) atoms. The molecular formula is C30H35FN2O3. The molecule has 190 valence electrons. The molecule has 0 saturated carbocycles. The second-order valence-corrected chi connectivity index (χ2v) is 8.92. The molecule has 0 aliphatic heterocycles. The van der Waals surface area contributed by atoms with Crippen LogP contribution in [0, 0.1) is 5.82 Å². The largest absolute Gasteiger partial charge is 0.484 e. The molecular weight excluding hydrogens is 455 g/mol. The number of hydrogen-bond donors (Lipinski definition) is 1. The van der Waals surface area contributed by atoms with Crippen LogP contribution in [-0.2, 0) is 29.0 Å². The van der Waals surface area contributed by atoms with Gasteiger partial charge >= 0.3 is 0 Å². The highest BCUT2D eigenvalue weighted by molar-refractivity contribution is 5.88. The van der Waals surface area contributed by atoms with Crippen LogP contribution in [0.3, 0.4) is 0 Å². The molecule has 0 aliphatic rings. The van der Waals surface area contributed by atoms with Gasteiger partial charge in [0.1, 0.15) is 17.6 Å². The maximum absolute atomic E-state index is 14.6. The van der Waals surface area contributed by atoms with E-state index >= 15 is 0 Å². The van der Waals surface area contributed by atoms with Gasteiger partial charge in [0.25, 0.3) is 5.91 Å². The summed E-state index contributed by atoms with van der Waals surface area (Å²) < 4.78 is 20.4. The topological polar surface area (TPSA) is 58.6 Å². The Morgan fingerprint density at radius 3 is 2.22 bits per heavy atom. The summed E-state index contributed by atoms with van der Waals surface area (Å²) in [6.07, 6.45) is 1.96. The van der Waals surface area contributed by atoms with Crippen LogP contribution in [0.5, 0.6) is 5.75 Å². The average molecular weight is 491 g/mol. The van der Waals surface area contributed by atoms with Crippen LogP contribution in [0.25, 0.3) is 0 Å². The minimum absolute atomic E-state index is 0.0466. The maximum atomic E-state index is 14.6. The van der Waals surface area contributed by atoms with Gasteiger partial charge in [0, 0.05) is 24.6 Å². The first-order chi connectivity index (χ1) is 17.4. The normalized spacial score (nSPS) is 12.4. The molecule has 0 unspecified atom stereocenters. The predicted molar refractivity (Wildman–Crippen MR) is 140 cm³/mol. The van der Waals surface area contributed by atoms with Crippen molar-refractivity contribution in [1.29, 1.82) is 0 Å². The Morgan fingerprint density at radius 2 is 1.58 bits per heavy atom. The maximum Gasteiger partial charge on any atom is 0.261 e. The van der Waals surface area contributed by atoms with Crippen LogP contribution in [0.1, 0.15) is 43.9 Å². The van der Waals surface area contributed by atoms with Crippen LogP contribution in [0.15, 0.2) is 78.9 Å². The van der Waals surface area contributed by atoms with Crippen molar-refractivity contribution in [2.45, 2.75) is 58.7 Å². The van der Waals surface area contributed by atoms with Gasteiger partial charge in [-0.2, -0.15) is 0 Å². The molecule has 3 aromatic carbocycles. The number of aryl methyl sites for hydroxylation is 1. The van der Waals surface area contributed by atoms with Crippen molar-refractivity contribution in [2.24, 2.45) is 0 Å². The standard InChI is InChI=1S/C30H35FN2O3/c1-4-22(3)32-30(35)28(19-24-11-7-6-8-12-24)33(20-25-13-9-10-14-27(25)31)29(34)21-36-26-17-15-23(5-2)16-18-26/h6-18,22,28H,4-5,19-21H2,1-3H3,(H,32,35)/t22-,28+/m0/s1. The molecule has 6 heteroatoms. The van der Waals surface area contributed by atoms with Crippen LogP contribution >= 0.6 is 0 Å². The third kappa shape index (κ3) is 7.67. The van der Waals surface area contributed by atoms with E-state index < -0.39 is 17.8 Å². The van der Waals surface area contributed by atoms with E-state index in [9.17, 15) is 14.0 Å². The van der Waals surface area contributed by atoms with Crippen molar-refractivity contribution in [2.75, 3.05) is 6.61 Å². The summed E-state index contributed by atoms with van der Waals surface area (Å²) in [6.45, 7) is 5.66. The first-order valence-electron chi connectivity index (χ1n) is 12.5. The molecule has 1 N–H and O–H groups in total. The van der Waals surface area contributed by atoms with Crippen molar-refractivity contribution in [3.05, 3.63) is 101 Å². The van der Waals surface area contributed by atoms with Crippen molar-refractivity contribution in [3.8, 4) is 5.75 Å². The van der Waals surface area contributed by atoms with E-state index in [4.69, 9.17) is 4.74 Å². The number of amides is 2. The average Bonchev–Trinajstić information content (AvgIpc) is 2.91. The summed E-state index contributed by atoms with van der Waals surface area (Å²) in [5.74, 6) is -0.523. The Kier molecular flexibility index (Phi) is 10.0. The van der Waals surface area contributed by atoms with Crippen molar-refractivity contribution < 1.29 is 18.7 Å². The number of carbonyl (C=O) groups excluding carboxylic acids is 2. The van der Waals surface area contributed by atoms with Gasteiger partial charge in [0.15, 0.2) is 6.61 Å². The SMILES string of the molecule is CCc1ccc(OCC(=O)N(Cc2ccccc2F)[C@H](Cc2ccccc2)C(=O)N[C@@H](C)CC)cc1. The number of halogens is 1. The second kappa shape index (κ2) is 13.4. The molecule has 0 aliphatic carbocycles. The summed E-state index contributed by atoms with van der Waals surface area (Å²) in [5, 5.41) is 3.00. The minimum atomic E-state index is -0.834. The zero-order valence-electron chi connectivity index (χ0n) is 21.2. The quantitative estimate of drug-likeness (QED) is 0.374. The number of carbonyl (C=O) groups is 2. The van der Waals surface area contributed by atoms with E-state index in [2.05, 4.69) is 12.2 Å². The molecule has 3 rings (SSSR count). The number of nitrogens with one attached hydrogen (secondary N) is 1. The van der Waals surface area contributed by atoms with Crippen LogP contribution in [-0.4, -0.2) is 35.4 Å². The molecule has 5 nitrogen and oxygen atoms in total. The molecule has 0 fully saturated rings. The molecule has 0 bridgehead atoms. The summed E-state index contributed by atoms with van der Waals surface area (Å²) in [7, 11) is 0. The van der Waals surface area contributed by atoms with E-state index in [-0.39, 0.29) is 25.1 Å². The number of benzene rings is 3. The van der Waals surface area contributed by atoms with Crippen LogP contribution in [0.2, 0.25) is 0 Å². The number of rotatable bonds is 12. The third-order valence-corrected chi connectivity index (χ3v) is 6.26. The van der Waals surface area contributed by atoms with Gasteiger partial charge < -0.3 is 15.0 Å². The molecule has 0 saturated heterocycles. The van der Waals surface area contributed by atoms with Gasteiger partial charge in [-0.25, -0.2) is 4.39 Å².